The van der Waals surface area contributed by atoms with Crippen molar-refractivity contribution in [2.75, 3.05) is 13.7 Å². The lowest BCUT2D eigenvalue weighted by Crippen LogP contribution is -2.28. The van der Waals surface area contributed by atoms with Gasteiger partial charge in [-0.3, -0.25) is 0 Å². The van der Waals surface area contributed by atoms with Crippen molar-refractivity contribution in [3.63, 3.8) is 0 Å². The molecule has 3 N–H and O–H groups in total. The van der Waals surface area contributed by atoms with Crippen molar-refractivity contribution in [3.05, 3.63) is 11.3 Å². The average Bonchev–Trinajstić information content (AvgIpc) is 2.60. The number of aryl methyl sites for hydroxylation is 2. The summed E-state index contributed by atoms with van der Waals surface area (Å²) < 4.78 is 12.8. The van der Waals surface area contributed by atoms with Gasteiger partial charge in [-0.15, -0.1) is 0 Å². The quantitative estimate of drug-likeness (QED) is 0.776. The molecule has 0 fully saturated rings. The van der Waals surface area contributed by atoms with Crippen LogP contribution in [-0.2, 0) is 11.8 Å². The van der Waals surface area contributed by atoms with Crippen molar-refractivity contribution in [1.82, 2.24) is 9.78 Å². The second-order valence-corrected chi connectivity index (χ2v) is 4.44. The highest BCUT2D eigenvalue weighted by atomic mass is 16.5. The summed E-state index contributed by atoms with van der Waals surface area (Å²) in [6, 6.07) is 0. The fourth-order valence-corrected chi connectivity index (χ4v) is 1.88. The van der Waals surface area contributed by atoms with Crippen LogP contribution in [0.15, 0.2) is 0 Å². The molecule has 0 aromatic carbocycles. The molecule has 0 saturated heterocycles. The molecule has 3 atom stereocenters. The van der Waals surface area contributed by atoms with Gasteiger partial charge in [0.2, 0.25) is 5.88 Å². The summed E-state index contributed by atoms with van der Waals surface area (Å²) in [5.74, 6) is 0.640. The van der Waals surface area contributed by atoms with E-state index in [1.54, 1.807) is 25.8 Å². The molecule has 0 saturated carbocycles. The topological polar surface area (TPSA) is 82.5 Å². The van der Waals surface area contributed by atoms with E-state index in [4.69, 9.17) is 15.2 Å². The SMILES string of the molecule is COc1c(C(CN)OC(C)C(C)O)c(C)nn1C. The number of nitrogens with zero attached hydrogens (tertiary/aromatic N) is 2. The molecule has 0 aliphatic heterocycles. The normalized spacial score (nSPS) is 16.4. The first-order chi connectivity index (χ1) is 8.42. The van der Waals surface area contributed by atoms with E-state index in [1.165, 1.54) is 0 Å². The third-order valence-corrected chi connectivity index (χ3v) is 3.00. The van der Waals surface area contributed by atoms with Crippen LogP contribution < -0.4 is 10.5 Å². The Kier molecular flexibility index (Phi) is 5.13. The number of rotatable bonds is 6. The van der Waals surface area contributed by atoms with E-state index in [1.807, 2.05) is 13.8 Å². The van der Waals surface area contributed by atoms with Gasteiger partial charge in [0.15, 0.2) is 0 Å². The predicted molar refractivity (Wildman–Crippen MR) is 68.5 cm³/mol. The molecule has 1 heterocycles. The molecule has 0 bridgehead atoms. The monoisotopic (exact) mass is 257 g/mol. The van der Waals surface area contributed by atoms with Crippen molar-refractivity contribution in [2.45, 2.75) is 39.1 Å². The highest BCUT2D eigenvalue weighted by molar-refractivity contribution is 5.33. The summed E-state index contributed by atoms with van der Waals surface area (Å²) >= 11 is 0. The number of nitrogens with two attached hydrogens (primary N) is 1. The van der Waals surface area contributed by atoms with Crippen LogP contribution >= 0.6 is 0 Å². The second kappa shape index (κ2) is 6.17. The maximum Gasteiger partial charge on any atom is 0.217 e. The summed E-state index contributed by atoms with van der Waals surface area (Å²) in [4.78, 5) is 0. The third-order valence-electron chi connectivity index (χ3n) is 3.00. The lowest BCUT2D eigenvalue weighted by molar-refractivity contribution is -0.0600. The molecule has 104 valence electrons. The molecule has 1 aromatic heterocycles. The number of hydrogen-bond acceptors (Lipinski definition) is 5. The number of aromatic nitrogens is 2. The van der Waals surface area contributed by atoms with E-state index in [2.05, 4.69) is 5.10 Å². The molecule has 0 radical (unpaired) electrons. The van der Waals surface area contributed by atoms with Crippen LogP contribution in [0.2, 0.25) is 0 Å². The molecule has 6 nitrogen and oxygen atoms in total. The first-order valence-electron chi connectivity index (χ1n) is 6.03. The Hall–Kier alpha value is -1.11. The van der Waals surface area contributed by atoms with Crippen molar-refractivity contribution >= 4 is 0 Å². The minimum atomic E-state index is -0.554. The lowest BCUT2D eigenvalue weighted by Gasteiger charge is -2.23. The molecule has 1 aromatic rings. The molecule has 0 spiro atoms. The minimum Gasteiger partial charge on any atom is -0.481 e. The van der Waals surface area contributed by atoms with Crippen molar-refractivity contribution in [2.24, 2.45) is 12.8 Å². The molecular formula is C12H23N3O3. The van der Waals surface area contributed by atoms with E-state index >= 15 is 0 Å². The third kappa shape index (κ3) is 3.01. The Balaban J connectivity index is 3.01. The van der Waals surface area contributed by atoms with E-state index in [-0.39, 0.29) is 12.2 Å². The van der Waals surface area contributed by atoms with Gasteiger partial charge < -0.3 is 20.3 Å². The van der Waals surface area contributed by atoms with Crippen LogP contribution in [0.3, 0.4) is 0 Å². The number of methoxy groups -OCH3 is 1. The average molecular weight is 257 g/mol. The molecule has 18 heavy (non-hydrogen) atoms. The first kappa shape index (κ1) is 14.9. The highest BCUT2D eigenvalue weighted by Crippen LogP contribution is 2.30. The highest BCUT2D eigenvalue weighted by Gasteiger charge is 2.25. The number of aliphatic hydroxyl groups is 1. The summed E-state index contributed by atoms with van der Waals surface area (Å²) in [5, 5.41) is 13.8. The van der Waals surface area contributed by atoms with Crippen molar-refractivity contribution in [1.29, 1.82) is 0 Å². The Morgan fingerprint density at radius 1 is 1.44 bits per heavy atom. The zero-order chi connectivity index (χ0) is 13.9. The van der Waals surface area contributed by atoms with E-state index in [9.17, 15) is 5.11 Å². The van der Waals surface area contributed by atoms with Gasteiger partial charge in [-0.05, 0) is 20.8 Å². The number of aliphatic hydroxyl groups excluding tert-OH is 1. The van der Waals surface area contributed by atoms with Crippen LogP contribution in [-0.4, -0.2) is 40.7 Å². The Labute approximate surface area is 108 Å². The Bertz CT molecular complexity index is 390. The molecule has 0 amide bonds. The van der Waals surface area contributed by atoms with E-state index in [0.29, 0.717) is 12.4 Å². The molecule has 3 unspecified atom stereocenters. The standard InChI is InChI=1S/C12H23N3O3/c1-7-11(12(17-5)15(4)14-7)10(6-13)18-9(3)8(2)16/h8-10,16H,6,13H2,1-5H3. The minimum absolute atomic E-state index is 0.303. The maximum absolute atomic E-state index is 9.50. The summed E-state index contributed by atoms with van der Waals surface area (Å²) in [7, 11) is 3.40. The number of ether oxygens (including phenoxy) is 2. The van der Waals surface area contributed by atoms with Crippen LogP contribution in [0, 0.1) is 6.92 Å². The Morgan fingerprint density at radius 3 is 2.50 bits per heavy atom. The maximum atomic E-state index is 9.50. The molecule has 6 heteroatoms. The van der Waals surface area contributed by atoms with Crippen LogP contribution in [0.4, 0.5) is 0 Å². The van der Waals surface area contributed by atoms with Crippen LogP contribution in [0.1, 0.15) is 31.2 Å². The number of hydrogen-bond donors (Lipinski definition) is 2. The summed E-state index contributed by atoms with van der Waals surface area (Å²) in [5.41, 5.74) is 7.42. The molecule has 0 aliphatic rings. The molecule has 1 rings (SSSR count). The largest absolute Gasteiger partial charge is 0.481 e. The van der Waals surface area contributed by atoms with Gasteiger partial charge in [-0.2, -0.15) is 5.10 Å². The van der Waals surface area contributed by atoms with Gasteiger partial charge in [-0.1, -0.05) is 0 Å². The fraction of sp³-hybridized carbons (Fsp3) is 0.750. The predicted octanol–water partition coefficient (Wildman–Crippen LogP) is 0.523. The van der Waals surface area contributed by atoms with Crippen LogP contribution in [0.25, 0.3) is 0 Å². The molecular weight excluding hydrogens is 234 g/mol. The first-order valence-corrected chi connectivity index (χ1v) is 6.03. The van der Waals surface area contributed by atoms with Gasteiger partial charge in [-0.25, -0.2) is 4.68 Å². The van der Waals surface area contributed by atoms with Crippen molar-refractivity contribution < 1.29 is 14.6 Å². The summed E-state index contributed by atoms with van der Waals surface area (Å²) in [6.45, 7) is 5.69. The lowest BCUT2D eigenvalue weighted by atomic mass is 10.1. The van der Waals surface area contributed by atoms with E-state index in [0.717, 1.165) is 11.3 Å². The zero-order valence-corrected chi connectivity index (χ0v) is 11.7. The van der Waals surface area contributed by atoms with Gasteiger partial charge in [0, 0.05) is 13.6 Å². The van der Waals surface area contributed by atoms with Gasteiger partial charge >= 0.3 is 0 Å². The fourth-order valence-electron chi connectivity index (χ4n) is 1.88. The second-order valence-electron chi connectivity index (χ2n) is 4.44. The van der Waals surface area contributed by atoms with Crippen molar-refractivity contribution in [3.8, 4) is 5.88 Å². The zero-order valence-electron chi connectivity index (χ0n) is 11.7. The van der Waals surface area contributed by atoms with Gasteiger partial charge in [0.05, 0.1) is 30.6 Å². The Morgan fingerprint density at radius 2 is 2.06 bits per heavy atom. The van der Waals surface area contributed by atoms with Gasteiger partial charge in [0.1, 0.15) is 6.10 Å². The van der Waals surface area contributed by atoms with E-state index < -0.39 is 6.10 Å². The molecule has 0 aliphatic carbocycles. The van der Waals surface area contributed by atoms with Gasteiger partial charge in [0.25, 0.3) is 0 Å². The van der Waals surface area contributed by atoms with Crippen LogP contribution in [0.5, 0.6) is 5.88 Å². The smallest absolute Gasteiger partial charge is 0.217 e. The summed E-state index contributed by atoms with van der Waals surface area (Å²) in [6.07, 6.45) is -1.19.